The van der Waals surface area contributed by atoms with Gasteiger partial charge in [0.25, 0.3) is 0 Å². The third-order valence-electron chi connectivity index (χ3n) is 7.68. The van der Waals surface area contributed by atoms with E-state index >= 15 is 0 Å². The van der Waals surface area contributed by atoms with Gasteiger partial charge in [-0.05, 0) is 61.1 Å². The molecule has 2 aromatic carbocycles. The normalized spacial score (nSPS) is 33.0. The Morgan fingerprint density at radius 2 is 2.03 bits per heavy atom. The largest absolute Gasteiger partial charge is 0.497 e. The molecule has 152 valence electrons. The summed E-state index contributed by atoms with van der Waals surface area (Å²) in [6.07, 6.45) is 2.65. The molecule has 3 aliphatic rings. The first kappa shape index (κ1) is 18.6. The molecule has 1 aliphatic heterocycles. The number of hydrogen-bond acceptors (Lipinski definition) is 4. The van der Waals surface area contributed by atoms with Crippen molar-refractivity contribution in [1.29, 1.82) is 0 Å². The topological polar surface area (TPSA) is 75.8 Å². The highest BCUT2D eigenvalue weighted by Gasteiger charge is 2.67. The van der Waals surface area contributed by atoms with Crippen molar-refractivity contribution in [2.45, 2.75) is 49.3 Å². The molecule has 1 unspecified atom stereocenters. The fraction of sp³-hybridized carbons (Fsp3) is 0.458. The average Bonchev–Trinajstić information content (AvgIpc) is 3.06. The molecule has 2 aliphatic carbocycles. The maximum atomic E-state index is 12.2. The van der Waals surface area contributed by atoms with Crippen molar-refractivity contribution in [3.8, 4) is 5.75 Å². The Balaban J connectivity index is 1.60. The Bertz CT molecular complexity index is 946. The highest BCUT2D eigenvalue weighted by atomic mass is 16.5. The smallest absolute Gasteiger partial charge is 0.220 e. The lowest BCUT2D eigenvalue weighted by atomic mass is 9.56. The zero-order chi connectivity index (χ0) is 20.2. The number of fused-ring (bicyclic) bond motifs is 1. The van der Waals surface area contributed by atoms with E-state index in [1.54, 1.807) is 7.11 Å². The molecule has 2 aromatic rings. The molecule has 5 heteroatoms. The molecule has 0 radical (unpaired) electrons. The minimum atomic E-state index is -0.959. The Morgan fingerprint density at radius 3 is 2.76 bits per heavy atom. The van der Waals surface area contributed by atoms with Gasteiger partial charge in [0.1, 0.15) is 5.75 Å². The number of methoxy groups -OCH3 is 1. The third kappa shape index (κ3) is 2.64. The SMILES string of the molecule is COc1ccc2c(c1)[C@]13CCN(Cc4ccccc4)[C@H](C2)[C@]1(O)CC(C(N)=O)C3. The molecule has 1 heterocycles. The number of nitrogens with zero attached hydrogens (tertiary/aromatic N) is 1. The lowest BCUT2D eigenvalue weighted by molar-refractivity contribution is -0.134. The predicted molar refractivity (Wildman–Crippen MR) is 111 cm³/mol. The molecule has 2 bridgehead atoms. The number of piperidine rings is 1. The minimum absolute atomic E-state index is 0.0262. The van der Waals surface area contributed by atoms with Gasteiger partial charge in [0.15, 0.2) is 0 Å². The van der Waals surface area contributed by atoms with Gasteiger partial charge in [0, 0.05) is 23.9 Å². The van der Waals surface area contributed by atoms with Crippen LogP contribution in [0.15, 0.2) is 48.5 Å². The highest BCUT2D eigenvalue weighted by molar-refractivity contribution is 5.78. The molecule has 1 saturated heterocycles. The van der Waals surface area contributed by atoms with Crippen LogP contribution in [0.1, 0.15) is 36.0 Å². The fourth-order valence-electron chi connectivity index (χ4n) is 6.30. The van der Waals surface area contributed by atoms with Crippen molar-refractivity contribution < 1.29 is 14.6 Å². The van der Waals surface area contributed by atoms with Crippen molar-refractivity contribution in [2.75, 3.05) is 13.7 Å². The summed E-state index contributed by atoms with van der Waals surface area (Å²) in [7, 11) is 1.67. The second-order valence-electron chi connectivity index (χ2n) is 8.96. The van der Waals surface area contributed by atoms with Crippen molar-refractivity contribution in [1.82, 2.24) is 4.90 Å². The summed E-state index contributed by atoms with van der Waals surface area (Å²) in [4.78, 5) is 14.6. The summed E-state index contributed by atoms with van der Waals surface area (Å²) in [5.41, 5.74) is 7.99. The van der Waals surface area contributed by atoms with Crippen molar-refractivity contribution in [3.05, 3.63) is 65.2 Å². The van der Waals surface area contributed by atoms with E-state index in [4.69, 9.17) is 10.5 Å². The van der Waals surface area contributed by atoms with Crippen LogP contribution in [-0.2, 0) is 23.2 Å². The van der Waals surface area contributed by atoms with Crippen LogP contribution in [-0.4, -0.2) is 41.2 Å². The van der Waals surface area contributed by atoms with Crippen LogP contribution in [0.3, 0.4) is 0 Å². The van der Waals surface area contributed by atoms with E-state index in [0.717, 1.165) is 37.2 Å². The molecule has 4 atom stereocenters. The molecule has 0 aromatic heterocycles. The second kappa shape index (κ2) is 6.57. The molecule has 5 rings (SSSR count). The number of hydrogen-bond donors (Lipinski definition) is 2. The standard InChI is InChI=1S/C24H28N2O3/c1-29-19-8-7-17-11-21-24(28)14-18(22(25)27)13-23(24,20(17)12-19)9-10-26(21)15-16-5-3-2-4-6-16/h2-8,12,18,21,28H,9-11,13-15H2,1H3,(H2,25,27)/t18?,21-,23-,24-/m1/s1. The quantitative estimate of drug-likeness (QED) is 0.838. The van der Waals surface area contributed by atoms with Gasteiger partial charge >= 0.3 is 0 Å². The molecular formula is C24H28N2O3. The first-order valence-corrected chi connectivity index (χ1v) is 10.4. The Kier molecular flexibility index (Phi) is 4.23. The fourth-order valence-corrected chi connectivity index (χ4v) is 6.30. The number of amides is 1. The highest BCUT2D eigenvalue weighted by Crippen LogP contribution is 2.61. The molecule has 5 nitrogen and oxygen atoms in total. The summed E-state index contributed by atoms with van der Waals surface area (Å²) in [5.74, 6) is 0.205. The Morgan fingerprint density at radius 1 is 1.24 bits per heavy atom. The maximum Gasteiger partial charge on any atom is 0.220 e. The second-order valence-corrected chi connectivity index (χ2v) is 8.96. The summed E-state index contributed by atoms with van der Waals surface area (Å²) in [6, 6.07) is 16.6. The molecule has 1 saturated carbocycles. The summed E-state index contributed by atoms with van der Waals surface area (Å²) in [6.45, 7) is 1.70. The first-order chi connectivity index (χ1) is 14.0. The number of aliphatic hydroxyl groups is 1. The van der Waals surface area contributed by atoms with Gasteiger partial charge in [-0.2, -0.15) is 0 Å². The summed E-state index contributed by atoms with van der Waals surface area (Å²) in [5, 5.41) is 12.2. The average molecular weight is 392 g/mol. The Hall–Kier alpha value is -2.37. The van der Waals surface area contributed by atoms with E-state index in [0.29, 0.717) is 12.8 Å². The summed E-state index contributed by atoms with van der Waals surface area (Å²) >= 11 is 0. The monoisotopic (exact) mass is 392 g/mol. The predicted octanol–water partition coefficient (Wildman–Crippen LogP) is 2.39. The number of rotatable bonds is 4. The van der Waals surface area contributed by atoms with E-state index in [2.05, 4.69) is 41.3 Å². The minimum Gasteiger partial charge on any atom is -0.497 e. The van der Waals surface area contributed by atoms with Gasteiger partial charge < -0.3 is 15.6 Å². The number of likely N-dealkylation sites (tertiary alicyclic amines) is 1. The first-order valence-electron chi connectivity index (χ1n) is 10.4. The van der Waals surface area contributed by atoms with E-state index < -0.39 is 11.0 Å². The molecule has 3 N–H and O–H groups in total. The van der Waals surface area contributed by atoms with E-state index in [1.165, 1.54) is 11.1 Å². The van der Waals surface area contributed by atoms with Crippen molar-refractivity contribution in [3.63, 3.8) is 0 Å². The maximum absolute atomic E-state index is 12.2. The van der Waals surface area contributed by atoms with E-state index in [9.17, 15) is 9.90 Å². The lowest BCUT2D eigenvalue weighted by Crippen LogP contribution is -2.69. The molecule has 29 heavy (non-hydrogen) atoms. The van der Waals surface area contributed by atoms with Crippen LogP contribution < -0.4 is 10.5 Å². The number of carbonyl (C=O) groups excluding carboxylic acids is 1. The number of nitrogens with two attached hydrogens (primary N) is 1. The van der Waals surface area contributed by atoms with Crippen LogP contribution in [0, 0.1) is 5.92 Å². The van der Waals surface area contributed by atoms with Gasteiger partial charge in [-0.3, -0.25) is 9.69 Å². The van der Waals surface area contributed by atoms with Gasteiger partial charge in [0.05, 0.1) is 12.7 Å². The van der Waals surface area contributed by atoms with Crippen LogP contribution in [0.25, 0.3) is 0 Å². The van der Waals surface area contributed by atoms with Crippen molar-refractivity contribution in [2.24, 2.45) is 11.7 Å². The summed E-state index contributed by atoms with van der Waals surface area (Å²) < 4.78 is 5.49. The van der Waals surface area contributed by atoms with Gasteiger partial charge in [-0.1, -0.05) is 36.4 Å². The third-order valence-corrected chi connectivity index (χ3v) is 7.68. The molecule has 0 spiro atoms. The molecular weight excluding hydrogens is 364 g/mol. The number of primary amides is 1. The van der Waals surface area contributed by atoms with Crippen LogP contribution in [0.4, 0.5) is 0 Å². The van der Waals surface area contributed by atoms with Gasteiger partial charge in [-0.15, -0.1) is 0 Å². The van der Waals surface area contributed by atoms with Crippen LogP contribution in [0.2, 0.25) is 0 Å². The Labute approximate surface area is 171 Å². The van der Waals surface area contributed by atoms with Gasteiger partial charge in [0.2, 0.25) is 5.91 Å². The number of carbonyl (C=O) groups is 1. The van der Waals surface area contributed by atoms with E-state index in [-0.39, 0.29) is 17.9 Å². The van der Waals surface area contributed by atoms with Crippen LogP contribution in [0.5, 0.6) is 5.75 Å². The number of ether oxygens (including phenoxy) is 1. The van der Waals surface area contributed by atoms with Gasteiger partial charge in [-0.25, -0.2) is 0 Å². The molecule has 1 amide bonds. The number of benzene rings is 2. The lowest BCUT2D eigenvalue weighted by Gasteiger charge is -2.59. The zero-order valence-corrected chi connectivity index (χ0v) is 16.8. The van der Waals surface area contributed by atoms with Crippen molar-refractivity contribution >= 4 is 5.91 Å². The van der Waals surface area contributed by atoms with Crippen LogP contribution >= 0.6 is 0 Å². The zero-order valence-electron chi connectivity index (χ0n) is 16.8. The molecule has 2 fully saturated rings. The van der Waals surface area contributed by atoms with E-state index in [1.807, 2.05) is 12.1 Å².